The summed E-state index contributed by atoms with van der Waals surface area (Å²) in [5, 5.41) is 0.0861. The molecule has 1 heterocycles. The normalized spacial score (nSPS) is 16.7. The summed E-state index contributed by atoms with van der Waals surface area (Å²) in [6.07, 6.45) is 0.934. The van der Waals surface area contributed by atoms with E-state index in [1.165, 1.54) is 6.07 Å². The predicted molar refractivity (Wildman–Crippen MR) is 81.4 cm³/mol. The molecule has 0 spiro atoms. The van der Waals surface area contributed by atoms with Crippen LogP contribution in [0.1, 0.15) is 23.2 Å². The topological polar surface area (TPSA) is 69.7 Å². The van der Waals surface area contributed by atoms with Crippen LogP contribution < -0.4 is 0 Å². The Kier molecular flexibility index (Phi) is 5.54. The third-order valence-corrected chi connectivity index (χ3v) is 5.54. The average molecular weight is 418 g/mol. The van der Waals surface area contributed by atoms with Crippen LogP contribution in [0.2, 0.25) is 5.02 Å². The van der Waals surface area contributed by atoms with Crippen molar-refractivity contribution < 1.29 is 22.7 Å². The van der Waals surface area contributed by atoms with Crippen molar-refractivity contribution in [2.24, 2.45) is 0 Å². The molecule has 1 aliphatic rings. The first kappa shape index (κ1) is 17.0. The number of benzene rings is 1. The van der Waals surface area contributed by atoms with Crippen molar-refractivity contribution >= 4 is 53.2 Å². The van der Waals surface area contributed by atoms with Gasteiger partial charge in [-0.3, -0.25) is 0 Å². The summed E-state index contributed by atoms with van der Waals surface area (Å²) in [6, 6.07) is 2.41. The fraction of sp³-hybridized carbons (Fsp3) is 0.417. The molecule has 1 saturated heterocycles. The number of ether oxygens (including phenoxy) is 2. The van der Waals surface area contributed by atoms with Gasteiger partial charge in [-0.25, -0.2) is 13.2 Å². The molecule has 0 radical (unpaired) electrons. The van der Waals surface area contributed by atoms with E-state index in [1.54, 1.807) is 0 Å². The van der Waals surface area contributed by atoms with Crippen LogP contribution in [0.4, 0.5) is 0 Å². The van der Waals surface area contributed by atoms with Gasteiger partial charge < -0.3 is 9.47 Å². The van der Waals surface area contributed by atoms with Gasteiger partial charge in [0, 0.05) is 28.0 Å². The van der Waals surface area contributed by atoms with E-state index in [0.29, 0.717) is 26.1 Å². The first-order valence-electron chi connectivity index (χ1n) is 6.01. The molecule has 0 saturated carbocycles. The maximum atomic E-state index is 12.1. The van der Waals surface area contributed by atoms with Crippen LogP contribution in [-0.2, 0) is 18.5 Å². The molecular formula is C12H11BrCl2O5S. The van der Waals surface area contributed by atoms with Crippen LogP contribution in [0, 0.1) is 0 Å². The van der Waals surface area contributed by atoms with Gasteiger partial charge in [-0.2, -0.15) is 0 Å². The van der Waals surface area contributed by atoms with Gasteiger partial charge in [0.2, 0.25) is 0 Å². The minimum absolute atomic E-state index is 0.0365. The SMILES string of the molecule is O=C(OC1CCOCC1)c1cc(S(=O)(=O)Cl)c(Br)cc1Cl. The molecule has 116 valence electrons. The standard InChI is InChI=1S/C12H11BrCl2O5S/c13-9-6-10(14)8(5-11(9)21(15,17)18)12(16)20-7-1-3-19-4-2-7/h5-7H,1-4H2. The van der Waals surface area contributed by atoms with Crippen molar-refractivity contribution in [3.63, 3.8) is 0 Å². The van der Waals surface area contributed by atoms with Crippen LogP contribution in [0.15, 0.2) is 21.5 Å². The summed E-state index contributed by atoms with van der Waals surface area (Å²) in [7, 11) is 1.31. The summed E-state index contributed by atoms with van der Waals surface area (Å²) in [6.45, 7) is 1.04. The Hall–Kier alpha value is -0.340. The van der Waals surface area contributed by atoms with E-state index in [0.717, 1.165) is 6.07 Å². The zero-order valence-corrected chi connectivity index (χ0v) is 14.6. The number of hydrogen-bond donors (Lipinski definition) is 0. The lowest BCUT2D eigenvalue weighted by Crippen LogP contribution is -2.26. The van der Waals surface area contributed by atoms with E-state index in [4.69, 9.17) is 31.8 Å². The Morgan fingerprint density at radius 3 is 2.52 bits per heavy atom. The minimum Gasteiger partial charge on any atom is -0.459 e. The Morgan fingerprint density at radius 2 is 1.95 bits per heavy atom. The fourth-order valence-electron chi connectivity index (χ4n) is 1.88. The van der Waals surface area contributed by atoms with E-state index in [2.05, 4.69) is 15.9 Å². The van der Waals surface area contributed by atoms with Gasteiger partial charge in [0.15, 0.2) is 0 Å². The molecule has 0 aliphatic carbocycles. The van der Waals surface area contributed by atoms with E-state index in [1.807, 2.05) is 0 Å². The second-order valence-corrected chi connectivity index (χ2v) is 8.21. The molecule has 1 aliphatic heterocycles. The van der Waals surface area contributed by atoms with Crippen molar-refractivity contribution in [2.45, 2.75) is 23.8 Å². The monoisotopic (exact) mass is 416 g/mol. The Morgan fingerprint density at radius 1 is 1.33 bits per heavy atom. The smallest absolute Gasteiger partial charge is 0.339 e. The molecule has 0 atom stereocenters. The number of halogens is 3. The summed E-state index contributed by atoms with van der Waals surface area (Å²) in [5.74, 6) is -0.680. The molecule has 2 rings (SSSR count). The lowest BCUT2D eigenvalue weighted by atomic mass is 10.1. The summed E-state index contributed by atoms with van der Waals surface area (Å²) in [4.78, 5) is 11.9. The van der Waals surface area contributed by atoms with Crippen molar-refractivity contribution in [2.75, 3.05) is 13.2 Å². The van der Waals surface area contributed by atoms with Crippen LogP contribution in [0.3, 0.4) is 0 Å². The van der Waals surface area contributed by atoms with E-state index in [9.17, 15) is 13.2 Å². The first-order valence-corrected chi connectivity index (χ1v) is 9.49. The highest BCUT2D eigenvalue weighted by Gasteiger charge is 2.24. The quantitative estimate of drug-likeness (QED) is 0.557. The lowest BCUT2D eigenvalue weighted by Gasteiger charge is -2.22. The van der Waals surface area contributed by atoms with Crippen molar-refractivity contribution in [1.82, 2.24) is 0 Å². The van der Waals surface area contributed by atoms with Gasteiger partial charge in [0.05, 0.1) is 28.7 Å². The predicted octanol–water partition coefficient (Wildman–Crippen LogP) is 3.37. The molecule has 0 unspecified atom stereocenters. The summed E-state index contributed by atoms with van der Waals surface area (Å²) < 4.78 is 33.6. The first-order chi connectivity index (χ1) is 9.79. The van der Waals surface area contributed by atoms with Gasteiger partial charge in [-0.05, 0) is 28.1 Å². The van der Waals surface area contributed by atoms with E-state index in [-0.39, 0.29) is 26.1 Å². The minimum atomic E-state index is -4.00. The average Bonchev–Trinajstić information content (AvgIpc) is 2.38. The van der Waals surface area contributed by atoms with Crippen molar-refractivity contribution in [3.05, 3.63) is 27.2 Å². The Labute approximate surface area is 140 Å². The van der Waals surface area contributed by atoms with Crippen molar-refractivity contribution in [1.29, 1.82) is 0 Å². The maximum absolute atomic E-state index is 12.1. The number of carbonyl (C=O) groups excluding carboxylic acids is 1. The highest BCUT2D eigenvalue weighted by atomic mass is 79.9. The summed E-state index contributed by atoms with van der Waals surface area (Å²) in [5.41, 5.74) is -0.0365. The molecule has 1 fully saturated rings. The number of carbonyl (C=O) groups is 1. The molecular weight excluding hydrogens is 407 g/mol. The molecule has 1 aromatic rings. The second-order valence-electron chi connectivity index (χ2n) is 4.42. The largest absolute Gasteiger partial charge is 0.459 e. The van der Waals surface area contributed by atoms with Crippen LogP contribution in [0.5, 0.6) is 0 Å². The lowest BCUT2D eigenvalue weighted by molar-refractivity contribution is -0.0159. The van der Waals surface area contributed by atoms with Crippen LogP contribution in [0.25, 0.3) is 0 Å². The second kappa shape index (κ2) is 6.83. The number of esters is 1. The summed E-state index contributed by atoms with van der Waals surface area (Å²) >= 11 is 9.02. The fourth-order valence-corrected chi connectivity index (χ4v) is 4.45. The van der Waals surface area contributed by atoms with Crippen LogP contribution >= 0.6 is 38.2 Å². The number of rotatable bonds is 3. The zero-order valence-electron chi connectivity index (χ0n) is 10.6. The molecule has 0 N–H and O–H groups in total. The molecule has 0 bridgehead atoms. The highest BCUT2D eigenvalue weighted by Crippen LogP contribution is 2.31. The van der Waals surface area contributed by atoms with Gasteiger partial charge in [0.1, 0.15) is 6.10 Å². The van der Waals surface area contributed by atoms with Gasteiger partial charge >= 0.3 is 5.97 Å². The molecule has 0 amide bonds. The molecule has 21 heavy (non-hydrogen) atoms. The molecule has 1 aromatic carbocycles. The van der Waals surface area contributed by atoms with Gasteiger partial charge in [0.25, 0.3) is 9.05 Å². The zero-order chi connectivity index (χ0) is 15.6. The molecule has 5 nitrogen and oxygen atoms in total. The number of hydrogen-bond acceptors (Lipinski definition) is 5. The third kappa shape index (κ3) is 4.32. The Bertz CT molecular complexity index is 656. The highest BCUT2D eigenvalue weighted by molar-refractivity contribution is 9.10. The Balaban J connectivity index is 2.28. The van der Waals surface area contributed by atoms with Gasteiger partial charge in [-0.15, -0.1) is 0 Å². The van der Waals surface area contributed by atoms with Crippen molar-refractivity contribution in [3.8, 4) is 0 Å². The third-order valence-electron chi connectivity index (χ3n) is 2.95. The molecule has 0 aromatic heterocycles. The molecule has 9 heteroatoms. The maximum Gasteiger partial charge on any atom is 0.339 e. The van der Waals surface area contributed by atoms with E-state index >= 15 is 0 Å². The van der Waals surface area contributed by atoms with Gasteiger partial charge in [-0.1, -0.05) is 11.6 Å². The van der Waals surface area contributed by atoms with Crippen LogP contribution in [-0.4, -0.2) is 33.7 Å². The van der Waals surface area contributed by atoms with E-state index < -0.39 is 15.0 Å².